The second-order valence-electron chi connectivity index (χ2n) is 6.21. The van der Waals surface area contributed by atoms with Crippen LogP contribution in [0.3, 0.4) is 0 Å². The Morgan fingerprint density at radius 3 is 2.36 bits per heavy atom. The maximum Gasteiger partial charge on any atom is 0.222 e. The fourth-order valence-electron chi connectivity index (χ4n) is 3.08. The third-order valence-corrected chi connectivity index (χ3v) is 4.50. The second-order valence-corrected chi connectivity index (χ2v) is 6.21. The molecule has 0 unspecified atom stereocenters. The van der Waals surface area contributed by atoms with Crippen LogP contribution in [0.15, 0.2) is 54.6 Å². The molecule has 1 heterocycles. The molecule has 0 radical (unpaired) electrons. The summed E-state index contributed by atoms with van der Waals surface area (Å²) in [6, 6.07) is 17.6. The van der Waals surface area contributed by atoms with Crippen molar-refractivity contribution in [3.63, 3.8) is 0 Å². The lowest BCUT2D eigenvalue weighted by atomic mass is 10.0. The Morgan fingerprint density at radius 1 is 1.04 bits per heavy atom. The van der Waals surface area contributed by atoms with Crippen molar-refractivity contribution in [2.45, 2.75) is 31.8 Å². The number of anilines is 1. The van der Waals surface area contributed by atoms with Crippen molar-refractivity contribution in [2.24, 2.45) is 0 Å². The first-order valence-corrected chi connectivity index (χ1v) is 8.55. The molecular weight excluding hydrogens is 336 g/mol. The van der Waals surface area contributed by atoms with Gasteiger partial charge in [0, 0.05) is 38.0 Å². The van der Waals surface area contributed by atoms with E-state index >= 15 is 0 Å². The average Bonchev–Trinajstić information content (AvgIpc) is 2.62. The summed E-state index contributed by atoms with van der Waals surface area (Å²) in [6.07, 6.45) is 3.17. The zero-order valence-electron chi connectivity index (χ0n) is 14.3. The second kappa shape index (κ2) is 9.33. The third-order valence-electron chi connectivity index (χ3n) is 4.50. The summed E-state index contributed by atoms with van der Waals surface area (Å²) >= 11 is 0. The average molecular weight is 361 g/mol. The van der Waals surface area contributed by atoms with Gasteiger partial charge in [-0.3, -0.25) is 4.79 Å². The number of halogens is 1. The molecule has 2 aromatic carbocycles. The summed E-state index contributed by atoms with van der Waals surface area (Å²) in [7, 11) is 0. The highest BCUT2D eigenvalue weighted by atomic mass is 35.5. The Labute approximate surface area is 155 Å². The molecule has 0 aromatic heterocycles. The van der Waals surface area contributed by atoms with Gasteiger partial charge in [0.1, 0.15) is 11.9 Å². The van der Waals surface area contributed by atoms with Gasteiger partial charge in [-0.25, -0.2) is 0 Å². The van der Waals surface area contributed by atoms with Crippen molar-refractivity contribution in [3.05, 3.63) is 60.2 Å². The predicted octanol–water partition coefficient (Wildman–Crippen LogP) is 3.69. The van der Waals surface area contributed by atoms with Crippen LogP contribution >= 0.6 is 12.4 Å². The first kappa shape index (κ1) is 19.1. The molecule has 0 atom stereocenters. The topological polar surface area (TPSA) is 55.6 Å². The van der Waals surface area contributed by atoms with Crippen molar-refractivity contribution in [1.29, 1.82) is 0 Å². The Morgan fingerprint density at radius 2 is 1.68 bits per heavy atom. The highest BCUT2D eigenvalue weighted by molar-refractivity contribution is 5.85. The summed E-state index contributed by atoms with van der Waals surface area (Å²) in [5.41, 5.74) is 7.75. The summed E-state index contributed by atoms with van der Waals surface area (Å²) < 4.78 is 5.97. The molecule has 0 saturated carbocycles. The molecule has 25 heavy (non-hydrogen) atoms. The Bertz CT molecular complexity index is 670. The number of piperidine rings is 1. The number of nitrogen functional groups attached to an aromatic ring is 1. The van der Waals surface area contributed by atoms with Gasteiger partial charge in [-0.2, -0.15) is 0 Å². The number of likely N-dealkylation sites (tertiary alicyclic amines) is 1. The molecule has 1 fully saturated rings. The molecule has 2 aromatic rings. The summed E-state index contributed by atoms with van der Waals surface area (Å²) in [5.74, 6) is 1.11. The van der Waals surface area contributed by atoms with Gasteiger partial charge in [0.25, 0.3) is 0 Å². The number of benzene rings is 2. The molecule has 4 nitrogen and oxygen atoms in total. The minimum absolute atomic E-state index is 0. The van der Waals surface area contributed by atoms with Crippen molar-refractivity contribution in [1.82, 2.24) is 4.90 Å². The fraction of sp³-hybridized carbons (Fsp3) is 0.350. The van der Waals surface area contributed by atoms with Crippen LogP contribution in [-0.2, 0) is 11.2 Å². The fourth-order valence-corrected chi connectivity index (χ4v) is 3.08. The smallest absolute Gasteiger partial charge is 0.222 e. The van der Waals surface area contributed by atoms with Crippen LogP contribution in [0.1, 0.15) is 24.8 Å². The van der Waals surface area contributed by atoms with Crippen molar-refractivity contribution in [2.75, 3.05) is 18.8 Å². The lowest BCUT2D eigenvalue weighted by Crippen LogP contribution is -2.41. The van der Waals surface area contributed by atoms with Crippen LogP contribution < -0.4 is 10.5 Å². The van der Waals surface area contributed by atoms with E-state index in [2.05, 4.69) is 0 Å². The highest BCUT2D eigenvalue weighted by Crippen LogP contribution is 2.20. The number of para-hydroxylation sites is 2. The quantitative estimate of drug-likeness (QED) is 0.827. The number of nitrogens with two attached hydrogens (primary N) is 1. The lowest BCUT2D eigenvalue weighted by Gasteiger charge is -2.32. The van der Waals surface area contributed by atoms with E-state index in [1.807, 2.05) is 59.5 Å². The third kappa shape index (κ3) is 5.40. The summed E-state index contributed by atoms with van der Waals surface area (Å²) in [5, 5.41) is 0. The zero-order chi connectivity index (χ0) is 16.8. The maximum atomic E-state index is 12.4. The van der Waals surface area contributed by atoms with E-state index in [0.717, 1.165) is 42.9 Å². The van der Waals surface area contributed by atoms with Gasteiger partial charge in [0.05, 0.1) is 0 Å². The van der Waals surface area contributed by atoms with Crippen molar-refractivity contribution in [3.8, 4) is 5.75 Å². The van der Waals surface area contributed by atoms with Gasteiger partial charge >= 0.3 is 0 Å². The van der Waals surface area contributed by atoms with Crippen LogP contribution in [0.5, 0.6) is 5.75 Å². The van der Waals surface area contributed by atoms with Crippen LogP contribution in [0.4, 0.5) is 5.69 Å². The number of carbonyl (C=O) groups is 1. The molecule has 3 rings (SSSR count). The van der Waals surface area contributed by atoms with Crippen molar-refractivity contribution >= 4 is 24.0 Å². The number of hydrogen-bond donors (Lipinski definition) is 1. The molecule has 5 heteroatoms. The lowest BCUT2D eigenvalue weighted by molar-refractivity contribution is -0.132. The van der Waals surface area contributed by atoms with Gasteiger partial charge in [0.2, 0.25) is 5.91 Å². The first-order valence-electron chi connectivity index (χ1n) is 8.55. The molecule has 0 bridgehead atoms. The number of rotatable bonds is 5. The molecule has 134 valence electrons. The number of carbonyl (C=O) groups excluding carboxylic acids is 1. The number of ether oxygens (including phenoxy) is 1. The Balaban J connectivity index is 0.00000225. The standard InChI is InChI=1S/C20H24N2O2.ClH/c21-19-9-5-4-6-16(19)10-11-20(23)22-14-12-18(13-15-22)24-17-7-2-1-3-8-17;/h1-9,18H,10-15,21H2;1H. The molecule has 1 aliphatic heterocycles. The van der Waals surface area contributed by atoms with Gasteiger partial charge < -0.3 is 15.4 Å². The largest absolute Gasteiger partial charge is 0.490 e. The summed E-state index contributed by atoms with van der Waals surface area (Å²) in [4.78, 5) is 14.3. The van der Waals surface area contributed by atoms with Crippen LogP contribution in [0.2, 0.25) is 0 Å². The Hall–Kier alpha value is -2.20. The molecule has 1 aliphatic rings. The molecule has 2 N–H and O–H groups in total. The van der Waals surface area contributed by atoms with E-state index in [4.69, 9.17) is 10.5 Å². The van der Waals surface area contributed by atoms with Gasteiger partial charge in [-0.1, -0.05) is 36.4 Å². The van der Waals surface area contributed by atoms with E-state index in [0.29, 0.717) is 12.8 Å². The van der Waals surface area contributed by atoms with Gasteiger partial charge in [0.15, 0.2) is 0 Å². The number of nitrogens with zero attached hydrogens (tertiary/aromatic N) is 1. The normalized spacial score (nSPS) is 14.6. The van der Waals surface area contributed by atoms with E-state index in [1.54, 1.807) is 0 Å². The van der Waals surface area contributed by atoms with Gasteiger partial charge in [-0.15, -0.1) is 12.4 Å². The minimum atomic E-state index is 0. The monoisotopic (exact) mass is 360 g/mol. The molecule has 0 spiro atoms. The maximum absolute atomic E-state index is 12.4. The van der Waals surface area contributed by atoms with Crippen LogP contribution in [0.25, 0.3) is 0 Å². The minimum Gasteiger partial charge on any atom is -0.490 e. The molecule has 1 saturated heterocycles. The number of aryl methyl sites for hydroxylation is 1. The van der Waals surface area contributed by atoms with E-state index in [1.165, 1.54) is 0 Å². The van der Waals surface area contributed by atoms with E-state index < -0.39 is 0 Å². The molecule has 1 amide bonds. The van der Waals surface area contributed by atoms with Crippen LogP contribution in [0, 0.1) is 0 Å². The van der Waals surface area contributed by atoms with Crippen LogP contribution in [-0.4, -0.2) is 30.0 Å². The highest BCUT2D eigenvalue weighted by Gasteiger charge is 2.23. The van der Waals surface area contributed by atoms with Crippen molar-refractivity contribution < 1.29 is 9.53 Å². The van der Waals surface area contributed by atoms with E-state index in [9.17, 15) is 4.79 Å². The molecule has 0 aliphatic carbocycles. The zero-order valence-corrected chi connectivity index (χ0v) is 15.1. The predicted molar refractivity (Wildman–Crippen MR) is 103 cm³/mol. The SMILES string of the molecule is Cl.Nc1ccccc1CCC(=O)N1CCC(Oc2ccccc2)CC1. The Kier molecular flexibility index (Phi) is 7.14. The van der Waals surface area contributed by atoms with Gasteiger partial charge in [-0.05, 0) is 30.2 Å². The van der Waals surface area contributed by atoms with E-state index in [-0.39, 0.29) is 24.4 Å². The first-order chi connectivity index (χ1) is 11.7. The number of amides is 1. The molecular formula is C20H25ClN2O2. The number of hydrogen-bond acceptors (Lipinski definition) is 3. The summed E-state index contributed by atoms with van der Waals surface area (Å²) in [6.45, 7) is 1.53.